The first-order chi connectivity index (χ1) is 9.04. The van der Waals surface area contributed by atoms with Crippen LogP contribution in [0, 0.1) is 0 Å². The number of rotatable bonds is 3. The molecule has 0 saturated carbocycles. The maximum atomic E-state index is 12.4. The van der Waals surface area contributed by atoms with Gasteiger partial charge in [0, 0.05) is 18.5 Å². The number of nitrogens with zero attached hydrogens (tertiary/aromatic N) is 1. The first-order valence-corrected chi connectivity index (χ1v) is 6.34. The van der Waals surface area contributed by atoms with Gasteiger partial charge in [0.25, 0.3) is 5.91 Å². The monoisotopic (exact) mass is 263 g/mol. The Morgan fingerprint density at radius 1 is 1.37 bits per heavy atom. The van der Waals surface area contributed by atoms with Gasteiger partial charge in [-0.25, -0.2) is 4.79 Å². The topological polar surface area (TPSA) is 77.8 Å². The summed E-state index contributed by atoms with van der Waals surface area (Å²) in [6.07, 6.45) is 0.0321. The van der Waals surface area contributed by atoms with Gasteiger partial charge in [-0.2, -0.15) is 0 Å². The molecule has 1 aromatic carbocycles. The quantitative estimate of drug-likeness (QED) is 0.849. The Bertz CT molecular complexity index is 500. The highest BCUT2D eigenvalue weighted by Gasteiger charge is 2.39. The van der Waals surface area contributed by atoms with Crippen LogP contribution in [0.15, 0.2) is 24.3 Å². The second-order valence-corrected chi connectivity index (χ2v) is 4.71. The number of β-amino-alcohol motifs (C(OH)–C–C–N with tert-alkyl or cyclic N) is 1. The number of hydrogen-bond acceptors (Lipinski definition) is 3. The summed E-state index contributed by atoms with van der Waals surface area (Å²) in [5.74, 6) is -1.39. The summed E-state index contributed by atoms with van der Waals surface area (Å²) in [5.41, 5.74) is 1.41. The summed E-state index contributed by atoms with van der Waals surface area (Å²) in [4.78, 5) is 24.8. The van der Waals surface area contributed by atoms with E-state index in [0.717, 1.165) is 5.56 Å². The molecule has 1 aliphatic heterocycles. The van der Waals surface area contributed by atoms with Crippen LogP contribution >= 0.6 is 0 Å². The van der Waals surface area contributed by atoms with Gasteiger partial charge in [0.05, 0.1) is 6.10 Å². The van der Waals surface area contributed by atoms with Crippen LogP contribution in [0.5, 0.6) is 0 Å². The minimum Gasteiger partial charge on any atom is -0.480 e. The third-order valence-electron chi connectivity index (χ3n) is 3.45. The standard InChI is InChI=1S/C14H17NO4/c1-2-9-5-3-4-6-11(9)13(17)15-8-10(16)7-12(15)14(18)19/h3-6,10,12,16H,2,7-8H2,1H3,(H,18,19)/t10-,12-/m1/s1. The van der Waals surface area contributed by atoms with E-state index in [0.29, 0.717) is 12.0 Å². The summed E-state index contributed by atoms with van der Waals surface area (Å²) < 4.78 is 0. The molecule has 2 atom stereocenters. The van der Waals surface area contributed by atoms with Gasteiger partial charge >= 0.3 is 5.97 Å². The zero-order valence-corrected chi connectivity index (χ0v) is 10.7. The molecule has 2 N–H and O–H groups in total. The van der Waals surface area contributed by atoms with E-state index in [4.69, 9.17) is 5.11 Å². The van der Waals surface area contributed by atoms with Gasteiger partial charge in [-0.3, -0.25) is 4.79 Å². The Morgan fingerprint density at radius 2 is 2.05 bits per heavy atom. The number of aliphatic carboxylic acids is 1. The summed E-state index contributed by atoms with van der Waals surface area (Å²) in [6.45, 7) is 2.02. The van der Waals surface area contributed by atoms with E-state index in [1.165, 1.54) is 4.90 Å². The molecule has 2 rings (SSSR count). The number of carbonyl (C=O) groups excluding carboxylic acids is 1. The molecule has 1 aromatic rings. The zero-order chi connectivity index (χ0) is 14.0. The average molecular weight is 263 g/mol. The summed E-state index contributed by atoms with van der Waals surface area (Å²) in [6, 6.07) is 6.23. The molecule has 1 aliphatic rings. The van der Waals surface area contributed by atoms with Crippen LogP contribution in [0.3, 0.4) is 0 Å². The normalized spacial score (nSPS) is 22.5. The van der Waals surface area contributed by atoms with Crippen molar-refractivity contribution in [3.63, 3.8) is 0 Å². The van der Waals surface area contributed by atoms with Crippen LogP contribution in [0.2, 0.25) is 0 Å². The second kappa shape index (κ2) is 5.40. The third kappa shape index (κ3) is 2.61. The number of benzene rings is 1. The van der Waals surface area contributed by atoms with E-state index in [1.807, 2.05) is 19.1 Å². The van der Waals surface area contributed by atoms with E-state index >= 15 is 0 Å². The molecule has 0 bridgehead atoms. The minimum atomic E-state index is -1.07. The third-order valence-corrected chi connectivity index (χ3v) is 3.45. The summed E-state index contributed by atoms with van der Waals surface area (Å²) in [7, 11) is 0. The molecule has 0 aromatic heterocycles. The van der Waals surface area contributed by atoms with Gasteiger partial charge < -0.3 is 15.1 Å². The number of carbonyl (C=O) groups is 2. The van der Waals surface area contributed by atoms with Crippen molar-refractivity contribution in [3.05, 3.63) is 35.4 Å². The lowest BCUT2D eigenvalue weighted by atomic mass is 10.0. The van der Waals surface area contributed by atoms with Crippen molar-refractivity contribution in [2.45, 2.75) is 31.9 Å². The van der Waals surface area contributed by atoms with Crippen LogP contribution in [-0.2, 0) is 11.2 Å². The molecule has 1 amide bonds. The highest BCUT2D eigenvalue weighted by Crippen LogP contribution is 2.22. The number of hydrogen-bond donors (Lipinski definition) is 2. The molecule has 1 saturated heterocycles. The number of amides is 1. The lowest BCUT2D eigenvalue weighted by molar-refractivity contribution is -0.141. The van der Waals surface area contributed by atoms with E-state index in [1.54, 1.807) is 12.1 Å². The van der Waals surface area contributed by atoms with E-state index < -0.39 is 18.1 Å². The fraction of sp³-hybridized carbons (Fsp3) is 0.429. The van der Waals surface area contributed by atoms with Gasteiger partial charge in [-0.1, -0.05) is 25.1 Å². The van der Waals surface area contributed by atoms with Crippen molar-refractivity contribution in [2.24, 2.45) is 0 Å². The van der Waals surface area contributed by atoms with Crippen LogP contribution < -0.4 is 0 Å². The van der Waals surface area contributed by atoms with Crippen molar-refractivity contribution in [2.75, 3.05) is 6.54 Å². The number of aryl methyl sites for hydroxylation is 1. The summed E-state index contributed by atoms with van der Waals surface area (Å²) in [5, 5.41) is 18.7. The lowest BCUT2D eigenvalue weighted by Crippen LogP contribution is -2.40. The Kier molecular flexibility index (Phi) is 3.85. The Hall–Kier alpha value is -1.88. The Balaban J connectivity index is 2.30. The first-order valence-electron chi connectivity index (χ1n) is 6.34. The predicted molar refractivity (Wildman–Crippen MR) is 68.9 cm³/mol. The number of carboxylic acid groups (broad SMARTS) is 1. The van der Waals surface area contributed by atoms with Crippen molar-refractivity contribution in [1.82, 2.24) is 4.90 Å². The summed E-state index contributed by atoms with van der Waals surface area (Å²) >= 11 is 0. The maximum Gasteiger partial charge on any atom is 0.326 e. The maximum absolute atomic E-state index is 12.4. The fourth-order valence-corrected chi connectivity index (χ4v) is 2.46. The second-order valence-electron chi connectivity index (χ2n) is 4.71. The highest BCUT2D eigenvalue weighted by molar-refractivity contribution is 5.98. The molecule has 0 aliphatic carbocycles. The highest BCUT2D eigenvalue weighted by atomic mass is 16.4. The number of aliphatic hydroxyl groups excluding tert-OH is 1. The van der Waals surface area contributed by atoms with Gasteiger partial charge in [-0.05, 0) is 18.1 Å². The molecule has 5 nitrogen and oxygen atoms in total. The van der Waals surface area contributed by atoms with Gasteiger partial charge in [0.2, 0.25) is 0 Å². The van der Waals surface area contributed by atoms with Crippen LogP contribution in [0.4, 0.5) is 0 Å². The Morgan fingerprint density at radius 3 is 2.68 bits per heavy atom. The molecule has 5 heteroatoms. The molecule has 0 radical (unpaired) electrons. The van der Waals surface area contributed by atoms with Crippen LogP contribution in [-0.4, -0.2) is 45.7 Å². The van der Waals surface area contributed by atoms with Crippen molar-refractivity contribution in [3.8, 4) is 0 Å². The molecule has 1 heterocycles. The van der Waals surface area contributed by atoms with Crippen molar-refractivity contribution < 1.29 is 19.8 Å². The van der Waals surface area contributed by atoms with Crippen molar-refractivity contribution >= 4 is 11.9 Å². The van der Waals surface area contributed by atoms with Gasteiger partial charge in [0.1, 0.15) is 6.04 Å². The average Bonchev–Trinajstić information content (AvgIpc) is 2.80. The van der Waals surface area contributed by atoms with Gasteiger partial charge in [0.15, 0.2) is 0 Å². The molecule has 1 fully saturated rings. The Labute approximate surface area is 111 Å². The van der Waals surface area contributed by atoms with E-state index in [-0.39, 0.29) is 18.9 Å². The fourth-order valence-electron chi connectivity index (χ4n) is 2.46. The van der Waals surface area contributed by atoms with Crippen molar-refractivity contribution in [1.29, 1.82) is 0 Å². The molecule has 0 unspecified atom stereocenters. The lowest BCUT2D eigenvalue weighted by Gasteiger charge is -2.22. The minimum absolute atomic E-state index is 0.0772. The van der Waals surface area contributed by atoms with E-state index in [2.05, 4.69) is 0 Å². The zero-order valence-electron chi connectivity index (χ0n) is 10.7. The number of aliphatic hydroxyl groups is 1. The SMILES string of the molecule is CCc1ccccc1C(=O)N1C[C@H](O)C[C@@H]1C(=O)O. The van der Waals surface area contributed by atoms with Gasteiger partial charge in [-0.15, -0.1) is 0 Å². The number of carboxylic acids is 1. The van der Waals surface area contributed by atoms with Crippen LogP contribution in [0.1, 0.15) is 29.3 Å². The van der Waals surface area contributed by atoms with Crippen LogP contribution in [0.25, 0.3) is 0 Å². The molecular weight excluding hydrogens is 246 g/mol. The van der Waals surface area contributed by atoms with E-state index in [9.17, 15) is 14.7 Å². The molecule has 0 spiro atoms. The molecule has 102 valence electrons. The first kappa shape index (κ1) is 13.5. The predicted octanol–water partition coefficient (Wildman–Crippen LogP) is 0.909. The largest absolute Gasteiger partial charge is 0.480 e. The smallest absolute Gasteiger partial charge is 0.326 e. The molecule has 19 heavy (non-hydrogen) atoms. The molecular formula is C14H17NO4. The number of likely N-dealkylation sites (tertiary alicyclic amines) is 1.